The van der Waals surface area contributed by atoms with E-state index in [0.29, 0.717) is 33.8 Å². The highest BCUT2D eigenvalue weighted by Gasteiger charge is 2.28. The zero-order valence-electron chi connectivity index (χ0n) is 17.5. The summed E-state index contributed by atoms with van der Waals surface area (Å²) < 4.78 is 7.21. The van der Waals surface area contributed by atoms with Crippen LogP contribution in [0.5, 0.6) is 0 Å². The highest BCUT2D eigenvalue weighted by Crippen LogP contribution is 2.36. The van der Waals surface area contributed by atoms with Gasteiger partial charge in [0.15, 0.2) is 0 Å². The first-order chi connectivity index (χ1) is 15.5. The van der Waals surface area contributed by atoms with Crippen LogP contribution in [-0.2, 0) is 0 Å². The van der Waals surface area contributed by atoms with E-state index >= 15 is 0 Å². The summed E-state index contributed by atoms with van der Waals surface area (Å²) in [5, 5.41) is 16.3. The van der Waals surface area contributed by atoms with Gasteiger partial charge < -0.3 is 14.4 Å². The molecule has 0 bridgehead atoms. The van der Waals surface area contributed by atoms with Gasteiger partial charge in [0.25, 0.3) is 11.5 Å². The third-order valence-electron chi connectivity index (χ3n) is 6.30. The molecule has 3 heterocycles. The molecule has 32 heavy (non-hydrogen) atoms. The van der Waals surface area contributed by atoms with Crippen molar-refractivity contribution >= 4 is 39.3 Å². The van der Waals surface area contributed by atoms with Crippen LogP contribution in [0.3, 0.4) is 0 Å². The van der Waals surface area contributed by atoms with Crippen molar-refractivity contribution in [1.82, 2.24) is 25.2 Å². The Kier molecular flexibility index (Phi) is 5.38. The number of amides is 1. The van der Waals surface area contributed by atoms with Gasteiger partial charge in [0.2, 0.25) is 0 Å². The van der Waals surface area contributed by atoms with E-state index < -0.39 is 0 Å². The number of aromatic nitrogens is 4. The van der Waals surface area contributed by atoms with E-state index in [-0.39, 0.29) is 23.4 Å². The molecule has 0 aliphatic heterocycles. The number of fused-ring (bicyclic) bond motifs is 3. The number of halogens is 1. The number of nitrogens with one attached hydrogen (secondary N) is 1. The molecular weight excluding hydrogens is 430 g/mol. The van der Waals surface area contributed by atoms with E-state index in [4.69, 9.17) is 16.1 Å². The minimum atomic E-state index is -0.169. The van der Waals surface area contributed by atoms with Crippen LogP contribution in [0.1, 0.15) is 47.8 Å². The Morgan fingerprint density at radius 3 is 2.94 bits per heavy atom. The first kappa shape index (κ1) is 20.6. The standard InChI is InChI=1S/C23H22ClN5O3/c1-13-19-21(28-32-13)20-17(24)6-3-7-18(20)29(23(19)31)16-5-2-4-14(10-16)11-25-22(30)15-8-9-26-27-12-15/h3,6-9,12,14,16H,2,4-5,10-11H2,1H3,(H,25,30). The predicted molar refractivity (Wildman–Crippen MR) is 121 cm³/mol. The number of carbonyl (C=O) groups is 1. The van der Waals surface area contributed by atoms with Crippen LogP contribution in [0.15, 0.2) is 46.0 Å². The smallest absolute Gasteiger partial charge is 0.264 e. The topological polar surface area (TPSA) is 103 Å². The van der Waals surface area contributed by atoms with Gasteiger partial charge in [-0.15, -0.1) is 0 Å². The van der Waals surface area contributed by atoms with Gasteiger partial charge in [-0.1, -0.05) is 29.2 Å². The summed E-state index contributed by atoms with van der Waals surface area (Å²) in [7, 11) is 0. The number of hydrogen-bond acceptors (Lipinski definition) is 6. The lowest BCUT2D eigenvalue weighted by molar-refractivity contribution is 0.0940. The fourth-order valence-electron chi connectivity index (χ4n) is 4.78. The fraction of sp³-hybridized carbons (Fsp3) is 0.348. The Morgan fingerprint density at radius 1 is 1.25 bits per heavy atom. The summed E-state index contributed by atoms with van der Waals surface area (Å²) >= 11 is 6.53. The van der Waals surface area contributed by atoms with Gasteiger partial charge in [0.1, 0.15) is 16.7 Å². The van der Waals surface area contributed by atoms with Crippen molar-refractivity contribution in [2.24, 2.45) is 5.92 Å². The van der Waals surface area contributed by atoms with E-state index in [1.54, 1.807) is 19.1 Å². The number of carbonyl (C=O) groups excluding carboxylic acids is 1. The van der Waals surface area contributed by atoms with Crippen LogP contribution in [0.2, 0.25) is 5.02 Å². The quantitative estimate of drug-likeness (QED) is 0.502. The molecule has 1 fully saturated rings. The number of rotatable bonds is 4. The van der Waals surface area contributed by atoms with E-state index in [1.165, 1.54) is 12.4 Å². The van der Waals surface area contributed by atoms with E-state index in [0.717, 1.165) is 36.6 Å². The molecule has 8 nitrogen and oxygen atoms in total. The van der Waals surface area contributed by atoms with Gasteiger partial charge in [0.05, 0.1) is 28.5 Å². The first-order valence-electron chi connectivity index (χ1n) is 10.7. The highest BCUT2D eigenvalue weighted by atomic mass is 35.5. The minimum Gasteiger partial charge on any atom is -0.360 e. The van der Waals surface area contributed by atoms with Gasteiger partial charge in [-0.2, -0.15) is 10.2 Å². The van der Waals surface area contributed by atoms with E-state index in [9.17, 15) is 9.59 Å². The second-order valence-corrected chi connectivity index (χ2v) is 8.71. The van der Waals surface area contributed by atoms with Crippen molar-refractivity contribution < 1.29 is 9.32 Å². The Bertz CT molecular complexity index is 1370. The number of nitrogens with zero attached hydrogens (tertiary/aromatic N) is 4. The molecule has 1 aliphatic carbocycles. The van der Waals surface area contributed by atoms with Crippen LogP contribution >= 0.6 is 11.6 Å². The maximum atomic E-state index is 13.5. The van der Waals surface area contributed by atoms with Crippen molar-refractivity contribution in [3.63, 3.8) is 0 Å². The van der Waals surface area contributed by atoms with Crippen LogP contribution in [0, 0.1) is 12.8 Å². The molecule has 164 valence electrons. The molecule has 9 heteroatoms. The highest BCUT2D eigenvalue weighted by molar-refractivity contribution is 6.37. The van der Waals surface area contributed by atoms with Crippen LogP contribution < -0.4 is 10.9 Å². The van der Waals surface area contributed by atoms with Crippen molar-refractivity contribution in [2.75, 3.05) is 6.54 Å². The molecule has 0 radical (unpaired) electrons. The van der Waals surface area contributed by atoms with Crippen LogP contribution in [0.4, 0.5) is 0 Å². The SMILES string of the molecule is Cc1onc2c1c(=O)n(C1CCCC(CNC(=O)c3ccnnc3)C1)c1cccc(Cl)c21. The Hall–Kier alpha value is -3.26. The van der Waals surface area contributed by atoms with E-state index in [2.05, 4.69) is 20.7 Å². The molecule has 2 unspecified atom stereocenters. The second kappa shape index (κ2) is 8.35. The Morgan fingerprint density at radius 2 is 2.12 bits per heavy atom. The van der Waals surface area contributed by atoms with Gasteiger partial charge in [-0.25, -0.2) is 0 Å². The lowest BCUT2D eigenvalue weighted by atomic mass is 9.85. The van der Waals surface area contributed by atoms with Crippen molar-refractivity contribution in [3.05, 3.63) is 63.4 Å². The minimum absolute atomic E-state index is 0.000380. The summed E-state index contributed by atoms with van der Waals surface area (Å²) in [6, 6.07) is 7.20. The zero-order chi connectivity index (χ0) is 22.2. The maximum absolute atomic E-state index is 13.5. The molecule has 4 aromatic rings. The molecule has 3 aromatic heterocycles. The van der Waals surface area contributed by atoms with Crippen LogP contribution in [-0.4, -0.2) is 32.4 Å². The normalized spacial score (nSPS) is 18.8. The number of pyridine rings is 1. The molecular formula is C23H22ClN5O3. The zero-order valence-corrected chi connectivity index (χ0v) is 18.3. The average Bonchev–Trinajstić information content (AvgIpc) is 3.20. The Balaban J connectivity index is 1.46. The van der Waals surface area contributed by atoms with Gasteiger partial charge in [0, 0.05) is 18.0 Å². The molecule has 5 rings (SSSR count). The van der Waals surface area contributed by atoms with Crippen LogP contribution in [0.25, 0.3) is 21.8 Å². The first-order valence-corrected chi connectivity index (χ1v) is 11.1. The Labute approximate surface area is 188 Å². The number of benzene rings is 1. The molecule has 1 aromatic carbocycles. The van der Waals surface area contributed by atoms with E-state index in [1.807, 2.05) is 16.7 Å². The van der Waals surface area contributed by atoms with Gasteiger partial charge in [-0.3, -0.25) is 9.59 Å². The monoisotopic (exact) mass is 451 g/mol. The molecule has 1 N–H and O–H groups in total. The molecule has 1 amide bonds. The van der Waals surface area contributed by atoms with Gasteiger partial charge >= 0.3 is 0 Å². The number of hydrogen-bond donors (Lipinski definition) is 1. The van der Waals surface area contributed by atoms with Crippen molar-refractivity contribution in [3.8, 4) is 0 Å². The molecule has 0 saturated heterocycles. The lowest BCUT2D eigenvalue weighted by Gasteiger charge is -2.31. The largest absolute Gasteiger partial charge is 0.360 e. The molecule has 1 saturated carbocycles. The summed E-state index contributed by atoms with van der Waals surface area (Å²) in [4.78, 5) is 25.9. The summed E-state index contributed by atoms with van der Waals surface area (Å²) in [5.41, 5.74) is 1.65. The third kappa shape index (κ3) is 3.54. The molecule has 0 spiro atoms. The van der Waals surface area contributed by atoms with Crippen molar-refractivity contribution in [2.45, 2.75) is 38.6 Å². The second-order valence-electron chi connectivity index (χ2n) is 8.30. The molecule has 2 atom stereocenters. The predicted octanol–water partition coefficient (Wildman–Crippen LogP) is 4.06. The number of aryl methyl sites for hydroxylation is 1. The third-order valence-corrected chi connectivity index (χ3v) is 6.62. The average molecular weight is 452 g/mol. The van der Waals surface area contributed by atoms with Crippen molar-refractivity contribution in [1.29, 1.82) is 0 Å². The fourth-order valence-corrected chi connectivity index (χ4v) is 5.04. The summed E-state index contributed by atoms with van der Waals surface area (Å²) in [6.07, 6.45) is 6.58. The maximum Gasteiger partial charge on any atom is 0.264 e. The summed E-state index contributed by atoms with van der Waals surface area (Å²) in [5.74, 6) is 0.581. The summed E-state index contributed by atoms with van der Waals surface area (Å²) in [6.45, 7) is 2.29. The van der Waals surface area contributed by atoms with Gasteiger partial charge in [-0.05, 0) is 50.3 Å². The molecule has 1 aliphatic rings. The lowest BCUT2D eigenvalue weighted by Crippen LogP contribution is -2.34.